The zero-order valence-corrected chi connectivity index (χ0v) is 10.4. The van der Waals surface area contributed by atoms with E-state index in [1.807, 2.05) is 0 Å². The molecule has 2 N–H and O–H groups in total. The van der Waals surface area contributed by atoms with Gasteiger partial charge in [0.25, 0.3) is 0 Å². The highest BCUT2D eigenvalue weighted by molar-refractivity contribution is 4.94. The summed E-state index contributed by atoms with van der Waals surface area (Å²) in [5.74, 6) is 3.07. The molecule has 3 fully saturated rings. The third-order valence-corrected chi connectivity index (χ3v) is 5.20. The predicted molar refractivity (Wildman–Crippen MR) is 67.4 cm³/mol. The Labute approximate surface area is 99.6 Å². The molecular formula is C14H26N2. The number of hydrogen-bond acceptors (Lipinski definition) is 2. The van der Waals surface area contributed by atoms with E-state index in [0.717, 1.165) is 23.8 Å². The van der Waals surface area contributed by atoms with Crippen molar-refractivity contribution in [2.75, 3.05) is 19.6 Å². The standard InChI is InChI=1S/C14H26N2/c1-3-11(4-1)7-8-15-10-14-13-6-2-5-12(13)9-16-14/h11-16H,1-10H2. The Bertz CT molecular complexity index is 225. The van der Waals surface area contributed by atoms with Gasteiger partial charge in [0, 0.05) is 12.6 Å². The Morgan fingerprint density at radius 2 is 1.94 bits per heavy atom. The van der Waals surface area contributed by atoms with Crippen LogP contribution in [0.25, 0.3) is 0 Å². The van der Waals surface area contributed by atoms with Crippen LogP contribution in [0.15, 0.2) is 0 Å². The van der Waals surface area contributed by atoms with Gasteiger partial charge in [0.1, 0.15) is 0 Å². The monoisotopic (exact) mass is 222 g/mol. The lowest BCUT2D eigenvalue weighted by Crippen LogP contribution is -2.38. The van der Waals surface area contributed by atoms with Crippen LogP contribution < -0.4 is 10.6 Å². The minimum atomic E-state index is 0.786. The molecule has 92 valence electrons. The predicted octanol–water partition coefficient (Wildman–Crippen LogP) is 2.15. The normalized spacial score (nSPS) is 38.6. The topological polar surface area (TPSA) is 24.1 Å². The van der Waals surface area contributed by atoms with E-state index in [9.17, 15) is 0 Å². The van der Waals surface area contributed by atoms with Crippen molar-refractivity contribution in [3.8, 4) is 0 Å². The molecule has 3 aliphatic rings. The van der Waals surface area contributed by atoms with E-state index in [0.29, 0.717) is 0 Å². The Kier molecular flexibility index (Phi) is 3.49. The van der Waals surface area contributed by atoms with Crippen molar-refractivity contribution in [2.24, 2.45) is 17.8 Å². The minimum Gasteiger partial charge on any atom is -0.315 e. The highest BCUT2D eigenvalue weighted by Gasteiger charge is 2.38. The van der Waals surface area contributed by atoms with Crippen molar-refractivity contribution < 1.29 is 0 Å². The van der Waals surface area contributed by atoms with Gasteiger partial charge in [-0.05, 0) is 50.1 Å². The Morgan fingerprint density at radius 3 is 2.75 bits per heavy atom. The maximum Gasteiger partial charge on any atom is 0.0223 e. The second kappa shape index (κ2) is 5.05. The fourth-order valence-corrected chi connectivity index (χ4v) is 3.87. The Balaban J connectivity index is 1.32. The average Bonchev–Trinajstić information content (AvgIpc) is 2.78. The van der Waals surface area contributed by atoms with Crippen LogP contribution in [0.2, 0.25) is 0 Å². The molecule has 1 aliphatic heterocycles. The molecule has 0 aromatic heterocycles. The third-order valence-electron chi connectivity index (χ3n) is 5.20. The van der Waals surface area contributed by atoms with Crippen molar-refractivity contribution in [1.29, 1.82) is 0 Å². The molecule has 0 spiro atoms. The highest BCUT2D eigenvalue weighted by atomic mass is 15.0. The summed E-state index contributed by atoms with van der Waals surface area (Å²) in [5.41, 5.74) is 0. The van der Waals surface area contributed by atoms with E-state index in [4.69, 9.17) is 0 Å². The summed E-state index contributed by atoms with van der Waals surface area (Å²) in [6.45, 7) is 3.76. The summed E-state index contributed by atoms with van der Waals surface area (Å²) in [5, 5.41) is 7.39. The molecule has 3 unspecified atom stereocenters. The second-order valence-electron chi connectivity index (χ2n) is 6.16. The van der Waals surface area contributed by atoms with Crippen LogP contribution in [0, 0.1) is 17.8 Å². The Morgan fingerprint density at radius 1 is 1.06 bits per heavy atom. The van der Waals surface area contributed by atoms with E-state index < -0.39 is 0 Å². The van der Waals surface area contributed by atoms with Gasteiger partial charge < -0.3 is 10.6 Å². The largest absolute Gasteiger partial charge is 0.315 e. The van der Waals surface area contributed by atoms with Crippen LogP contribution >= 0.6 is 0 Å². The van der Waals surface area contributed by atoms with Gasteiger partial charge >= 0.3 is 0 Å². The van der Waals surface area contributed by atoms with Gasteiger partial charge in [0.05, 0.1) is 0 Å². The van der Waals surface area contributed by atoms with E-state index in [1.165, 1.54) is 64.6 Å². The van der Waals surface area contributed by atoms with Crippen LogP contribution in [-0.4, -0.2) is 25.7 Å². The van der Waals surface area contributed by atoms with Gasteiger partial charge in [0.15, 0.2) is 0 Å². The first kappa shape index (κ1) is 11.0. The number of fused-ring (bicyclic) bond motifs is 1. The zero-order chi connectivity index (χ0) is 10.8. The van der Waals surface area contributed by atoms with Crippen LogP contribution in [0.5, 0.6) is 0 Å². The summed E-state index contributed by atoms with van der Waals surface area (Å²) in [6.07, 6.45) is 10.3. The summed E-state index contributed by atoms with van der Waals surface area (Å²) < 4.78 is 0. The summed E-state index contributed by atoms with van der Waals surface area (Å²) >= 11 is 0. The van der Waals surface area contributed by atoms with Gasteiger partial charge in [-0.2, -0.15) is 0 Å². The first-order valence-electron chi connectivity index (χ1n) is 7.37. The second-order valence-corrected chi connectivity index (χ2v) is 6.16. The van der Waals surface area contributed by atoms with Crippen molar-refractivity contribution in [3.63, 3.8) is 0 Å². The fraction of sp³-hybridized carbons (Fsp3) is 1.00. The highest BCUT2D eigenvalue weighted by Crippen LogP contribution is 2.37. The molecule has 3 rings (SSSR count). The van der Waals surface area contributed by atoms with Crippen molar-refractivity contribution in [2.45, 2.75) is 51.0 Å². The third kappa shape index (κ3) is 2.28. The Hall–Kier alpha value is -0.0800. The summed E-state index contributed by atoms with van der Waals surface area (Å²) in [4.78, 5) is 0. The van der Waals surface area contributed by atoms with Crippen molar-refractivity contribution in [1.82, 2.24) is 10.6 Å². The lowest BCUT2D eigenvalue weighted by molar-refractivity contribution is 0.288. The van der Waals surface area contributed by atoms with Crippen LogP contribution in [0.1, 0.15) is 44.9 Å². The number of nitrogens with one attached hydrogen (secondary N) is 2. The number of rotatable bonds is 5. The molecule has 2 saturated carbocycles. The van der Waals surface area contributed by atoms with Crippen molar-refractivity contribution >= 4 is 0 Å². The maximum absolute atomic E-state index is 3.71. The smallest absolute Gasteiger partial charge is 0.0223 e. The average molecular weight is 222 g/mol. The summed E-state index contributed by atoms with van der Waals surface area (Å²) in [7, 11) is 0. The fourth-order valence-electron chi connectivity index (χ4n) is 3.87. The molecule has 2 nitrogen and oxygen atoms in total. The van der Waals surface area contributed by atoms with Crippen LogP contribution in [0.4, 0.5) is 0 Å². The first-order valence-corrected chi connectivity index (χ1v) is 7.37. The molecule has 16 heavy (non-hydrogen) atoms. The lowest BCUT2D eigenvalue weighted by Gasteiger charge is -2.26. The molecular weight excluding hydrogens is 196 g/mol. The quantitative estimate of drug-likeness (QED) is 0.697. The molecule has 0 aromatic rings. The van der Waals surface area contributed by atoms with E-state index in [-0.39, 0.29) is 0 Å². The van der Waals surface area contributed by atoms with Gasteiger partial charge in [0.2, 0.25) is 0 Å². The molecule has 2 heteroatoms. The molecule has 1 heterocycles. The van der Waals surface area contributed by atoms with Crippen molar-refractivity contribution in [3.05, 3.63) is 0 Å². The van der Waals surface area contributed by atoms with Gasteiger partial charge in [-0.3, -0.25) is 0 Å². The van der Waals surface area contributed by atoms with Crippen LogP contribution in [-0.2, 0) is 0 Å². The molecule has 2 aliphatic carbocycles. The van der Waals surface area contributed by atoms with Gasteiger partial charge in [-0.25, -0.2) is 0 Å². The van der Waals surface area contributed by atoms with E-state index in [1.54, 1.807) is 0 Å². The minimum absolute atomic E-state index is 0.786. The molecule has 3 atom stereocenters. The van der Waals surface area contributed by atoms with Crippen LogP contribution in [0.3, 0.4) is 0 Å². The molecule has 1 saturated heterocycles. The molecule has 0 bridgehead atoms. The lowest BCUT2D eigenvalue weighted by atomic mass is 9.83. The molecule has 0 amide bonds. The molecule has 0 aromatic carbocycles. The van der Waals surface area contributed by atoms with E-state index >= 15 is 0 Å². The maximum atomic E-state index is 3.71. The van der Waals surface area contributed by atoms with Gasteiger partial charge in [-0.1, -0.05) is 25.7 Å². The van der Waals surface area contributed by atoms with E-state index in [2.05, 4.69) is 10.6 Å². The molecule has 0 radical (unpaired) electrons. The number of hydrogen-bond donors (Lipinski definition) is 2. The zero-order valence-electron chi connectivity index (χ0n) is 10.4. The summed E-state index contributed by atoms with van der Waals surface area (Å²) in [6, 6.07) is 0.786. The van der Waals surface area contributed by atoms with Gasteiger partial charge in [-0.15, -0.1) is 0 Å². The first-order chi connectivity index (χ1) is 7.93. The SMILES string of the molecule is C1CC(CCNCC2NCC3CCCC32)C1.